The Morgan fingerprint density at radius 2 is 1.08 bits per heavy atom. The maximum atomic E-state index is 6.87. The molecule has 0 spiro atoms. The Kier molecular flexibility index (Phi) is 4.82. The van der Waals surface area contributed by atoms with Crippen molar-refractivity contribution in [1.82, 2.24) is 4.57 Å². The van der Waals surface area contributed by atoms with Gasteiger partial charge in [0.05, 0.1) is 16.9 Å². The number of hydrogen-bond donors (Lipinski definition) is 0. The summed E-state index contributed by atoms with van der Waals surface area (Å²) in [5.41, 5.74) is 8.32. The summed E-state index contributed by atoms with van der Waals surface area (Å²) in [5.74, 6) is 0. The summed E-state index contributed by atoms with van der Waals surface area (Å²) < 4.78 is 9.20. The standard InChI is InChI=1S/C36H24N2O/c1-3-15-26(16-4-1)37(31-23-11-14-25-13-7-8-19-28(25)31)33-24-12-21-30-34-36(39-35(30)33)29-20-9-10-22-32(29)38(34)27-17-5-2-6-18-27/h1-24H. The van der Waals surface area contributed by atoms with Crippen LogP contribution in [-0.4, -0.2) is 4.57 Å². The normalized spacial score (nSPS) is 11.6. The van der Waals surface area contributed by atoms with Gasteiger partial charge >= 0.3 is 0 Å². The molecule has 0 saturated heterocycles. The van der Waals surface area contributed by atoms with Crippen molar-refractivity contribution >= 4 is 60.8 Å². The molecule has 3 heteroatoms. The van der Waals surface area contributed by atoms with Gasteiger partial charge in [-0.05, 0) is 60.0 Å². The first kappa shape index (κ1) is 21.8. The third kappa shape index (κ3) is 3.30. The lowest BCUT2D eigenvalue weighted by Gasteiger charge is -2.26. The van der Waals surface area contributed by atoms with Crippen molar-refractivity contribution in [3.63, 3.8) is 0 Å². The van der Waals surface area contributed by atoms with Crippen LogP contribution in [0, 0.1) is 0 Å². The van der Waals surface area contributed by atoms with Crippen LogP contribution in [0.2, 0.25) is 0 Å². The number of nitrogens with zero attached hydrogens (tertiary/aromatic N) is 2. The Morgan fingerprint density at radius 1 is 0.462 bits per heavy atom. The molecule has 0 amide bonds. The van der Waals surface area contributed by atoms with Crippen molar-refractivity contribution in [3.8, 4) is 5.69 Å². The van der Waals surface area contributed by atoms with Crippen LogP contribution in [0.1, 0.15) is 0 Å². The van der Waals surface area contributed by atoms with E-state index < -0.39 is 0 Å². The van der Waals surface area contributed by atoms with Crippen LogP contribution in [-0.2, 0) is 0 Å². The van der Waals surface area contributed by atoms with Crippen LogP contribution in [0.5, 0.6) is 0 Å². The fraction of sp³-hybridized carbons (Fsp3) is 0. The van der Waals surface area contributed by atoms with E-state index in [1.807, 2.05) is 0 Å². The minimum Gasteiger partial charge on any atom is -0.451 e. The summed E-state index contributed by atoms with van der Waals surface area (Å²) in [5, 5.41) is 4.59. The number of fused-ring (bicyclic) bond motifs is 6. The summed E-state index contributed by atoms with van der Waals surface area (Å²) in [6, 6.07) is 51.1. The Balaban J connectivity index is 1.48. The molecule has 2 heterocycles. The Labute approximate surface area is 225 Å². The second kappa shape index (κ2) is 8.64. The second-order valence-electron chi connectivity index (χ2n) is 9.79. The van der Waals surface area contributed by atoms with Crippen molar-refractivity contribution < 1.29 is 4.42 Å². The maximum absolute atomic E-state index is 6.87. The van der Waals surface area contributed by atoms with Gasteiger partial charge in [0.25, 0.3) is 0 Å². The Morgan fingerprint density at radius 3 is 1.92 bits per heavy atom. The van der Waals surface area contributed by atoms with E-state index in [1.165, 1.54) is 10.8 Å². The van der Waals surface area contributed by atoms with Gasteiger partial charge in [0.1, 0.15) is 5.52 Å². The van der Waals surface area contributed by atoms with Crippen molar-refractivity contribution in [3.05, 3.63) is 146 Å². The van der Waals surface area contributed by atoms with E-state index in [0.717, 1.165) is 55.7 Å². The number of aromatic nitrogens is 1. The third-order valence-corrected chi connectivity index (χ3v) is 7.56. The number of benzene rings is 6. The topological polar surface area (TPSA) is 21.3 Å². The van der Waals surface area contributed by atoms with Gasteiger partial charge in [-0.15, -0.1) is 0 Å². The molecule has 39 heavy (non-hydrogen) atoms. The quantitative estimate of drug-likeness (QED) is 0.240. The molecule has 0 unspecified atom stereocenters. The van der Waals surface area contributed by atoms with E-state index in [-0.39, 0.29) is 0 Å². The van der Waals surface area contributed by atoms with Crippen LogP contribution < -0.4 is 4.90 Å². The molecule has 0 atom stereocenters. The molecular weight excluding hydrogens is 476 g/mol. The van der Waals surface area contributed by atoms with E-state index in [9.17, 15) is 0 Å². The predicted molar refractivity (Wildman–Crippen MR) is 163 cm³/mol. The lowest BCUT2D eigenvalue weighted by Crippen LogP contribution is -2.10. The van der Waals surface area contributed by atoms with Crippen molar-refractivity contribution in [2.45, 2.75) is 0 Å². The smallest absolute Gasteiger partial charge is 0.161 e. The van der Waals surface area contributed by atoms with Gasteiger partial charge in [0.15, 0.2) is 11.2 Å². The van der Waals surface area contributed by atoms with E-state index in [0.29, 0.717) is 0 Å². The van der Waals surface area contributed by atoms with Crippen molar-refractivity contribution in [2.75, 3.05) is 4.90 Å². The molecule has 8 aromatic rings. The molecule has 184 valence electrons. The fourth-order valence-corrected chi connectivity index (χ4v) is 5.89. The zero-order valence-electron chi connectivity index (χ0n) is 21.2. The highest BCUT2D eigenvalue weighted by Gasteiger charge is 2.24. The number of hydrogen-bond acceptors (Lipinski definition) is 2. The van der Waals surface area contributed by atoms with Crippen molar-refractivity contribution in [1.29, 1.82) is 0 Å². The summed E-state index contributed by atoms with van der Waals surface area (Å²) in [6.07, 6.45) is 0. The van der Waals surface area contributed by atoms with Gasteiger partial charge in [0, 0.05) is 27.5 Å². The zero-order valence-corrected chi connectivity index (χ0v) is 21.2. The fourth-order valence-electron chi connectivity index (χ4n) is 5.89. The van der Waals surface area contributed by atoms with Gasteiger partial charge in [-0.25, -0.2) is 0 Å². The summed E-state index contributed by atoms with van der Waals surface area (Å²) in [7, 11) is 0. The molecule has 3 nitrogen and oxygen atoms in total. The number of rotatable bonds is 4. The first-order chi connectivity index (χ1) is 19.4. The monoisotopic (exact) mass is 500 g/mol. The highest BCUT2D eigenvalue weighted by Crippen LogP contribution is 2.46. The van der Waals surface area contributed by atoms with Crippen LogP contribution in [0.25, 0.3) is 49.4 Å². The van der Waals surface area contributed by atoms with Crippen LogP contribution >= 0.6 is 0 Å². The average molecular weight is 501 g/mol. The first-order valence-electron chi connectivity index (χ1n) is 13.2. The summed E-state index contributed by atoms with van der Waals surface area (Å²) >= 11 is 0. The second-order valence-corrected chi connectivity index (χ2v) is 9.79. The molecule has 0 bridgehead atoms. The molecule has 0 N–H and O–H groups in total. The lowest BCUT2D eigenvalue weighted by atomic mass is 10.1. The predicted octanol–water partition coefficient (Wildman–Crippen LogP) is 10.2. The van der Waals surface area contributed by atoms with Gasteiger partial charge in [-0.3, -0.25) is 0 Å². The number of furan rings is 1. The molecule has 6 aromatic carbocycles. The number of para-hydroxylation sites is 4. The average Bonchev–Trinajstić information content (AvgIpc) is 3.54. The first-order valence-corrected chi connectivity index (χ1v) is 13.2. The largest absolute Gasteiger partial charge is 0.451 e. The molecular formula is C36H24N2O. The molecule has 0 aliphatic heterocycles. The zero-order chi connectivity index (χ0) is 25.8. The molecule has 0 radical (unpaired) electrons. The number of anilines is 3. The molecule has 8 rings (SSSR count). The lowest BCUT2D eigenvalue weighted by molar-refractivity contribution is 0.673. The molecule has 0 saturated carbocycles. The highest BCUT2D eigenvalue weighted by atomic mass is 16.3. The van der Waals surface area contributed by atoms with Crippen LogP contribution in [0.4, 0.5) is 17.1 Å². The molecule has 0 aliphatic rings. The van der Waals surface area contributed by atoms with Gasteiger partial charge < -0.3 is 13.9 Å². The Hall–Kier alpha value is -5.28. The van der Waals surface area contributed by atoms with Crippen LogP contribution in [0.15, 0.2) is 150 Å². The minimum absolute atomic E-state index is 0.870. The van der Waals surface area contributed by atoms with Gasteiger partial charge in [-0.2, -0.15) is 0 Å². The van der Waals surface area contributed by atoms with Crippen molar-refractivity contribution in [2.24, 2.45) is 0 Å². The SMILES string of the molecule is c1ccc(N(c2cccc3ccccc23)c2cccc3c2oc2c4ccccc4n(-c4ccccc4)c32)cc1. The van der Waals surface area contributed by atoms with E-state index >= 15 is 0 Å². The van der Waals surface area contributed by atoms with Gasteiger partial charge in [-0.1, -0.05) is 91.0 Å². The maximum Gasteiger partial charge on any atom is 0.161 e. The highest BCUT2D eigenvalue weighted by molar-refractivity contribution is 6.19. The van der Waals surface area contributed by atoms with E-state index in [2.05, 4.69) is 155 Å². The van der Waals surface area contributed by atoms with E-state index in [4.69, 9.17) is 4.42 Å². The van der Waals surface area contributed by atoms with Gasteiger partial charge in [0.2, 0.25) is 0 Å². The molecule has 2 aromatic heterocycles. The summed E-state index contributed by atoms with van der Waals surface area (Å²) in [6.45, 7) is 0. The summed E-state index contributed by atoms with van der Waals surface area (Å²) in [4.78, 5) is 2.32. The minimum atomic E-state index is 0.870. The molecule has 0 aliphatic carbocycles. The molecule has 0 fully saturated rings. The van der Waals surface area contributed by atoms with E-state index in [1.54, 1.807) is 0 Å². The van der Waals surface area contributed by atoms with Crippen LogP contribution in [0.3, 0.4) is 0 Å². The third-order valence-electron chi connectivity index (χ3n) is 7.56. The Bertz CT molecular complexity index is 2120.